The summed E-state index contributed by atoms with van der Waals surface area (Å²) in [6.45, 7) is 6.16. The van der Waals surface area contributed by atoms with E-state index in [0.29, 0.717) is 54.6 Å². The molecule has 11 nitrogen and oxygen atoms in total. The number of aromatic amines is 1. The fourth-order valence-electron chi connectivity index (χ4n) is 6.34. The van der Waals surface area contributed by atoms with Crippen LogP contribution in [0.5, 0.6) is 0 Å². The minimum Gasteiger partial charge on any atom is -0.450 e. The number of morpholine rings is 1. The van der Waals surface area contributed by atoms with E-state index in [2.05, 4.69) is 37.1 Å². The molecule has 3 aliphatic heterocycles. The fraction of sp³-hybridized carbons (Fsp3) is 0.394. The predicted molar refractivity (Wildman–Crippen MR) is 172 cm³/mol. The highest BCUT2D eigenvalue weighted by Crippen LogP contribution is 2.36. The van der Waals surface area contributed by atoms with Gasteiger partial charge in [-0.2, -0.15) is 0 Å². The number of aromatic nitrogens is 4. The van der Waals surface area contributed by atoms with Crippen LogP contribution in [0.4, 0.5) is 26.1 Å². The molecule has 0 aliphatic carbocycles. The van der Waals surface area contributed by atoms with Gasteiger partial charge in [-0.05, 0) is 55.7 Å². The molecule has 4 aromatic heterocycles. The SMILES string of the molecule is CNc1cc(-c2c[nH]c(=O)c(N3CCOC4(COC4)C3C)c2)ccn1.FC(F)c1nc(N2CCCC2)c2oc3ccccc3c2n1. The Hall–Kier alpha value is -4.62. The zero-order valence-corrected chi connectivity index (χ0v) is 25.6. The molecule has 13 heteroatoms. The topological polar surface area (TPSA) is 122 Å². The Balaban J connectivity index is 0.000000149. The lowest BCUT2D eigenvalue weighted by atomic mass is 9.90. The lowest BCUT2D eigenvalue weighted by Gasteiger charge is -2.53. The lowest BCUT2D eigenvalue weighted by Crippen LogP contribution is -2.68. The summed E-state index contributed by atoms with van der Waals surface area (Å²) in [5.74, 6) is 0.843. The second-order valence-corrected chi connectivity index (χ2v) is 11.7. The van der Waals surface area contributed by atoms with Crippen molar-refractivity contribution < 1.29 is 22.7 Å². The number of nitrogens with one attached hydrogen (secondary N) is 2. The van der Waals surface area contributed by atoms with E-state index in [-0.39, 0.29) is 17.2 Å². The Morgan fingerprint density at radius 1 is 1.07 bits per heavy atom. The van der Waals surface area contributed by atoms with Crippen molar-refractivity contribution in [1.82, 2.24) is 19.9 Å². The van der Waals surface area contributed by atoms with Gasteiger partial charge in [-0.1, -0.05) is 12.1 Å². The van der Waals surface area contributed by atoms with Crippen molar-refractivity contribution in [2.75, 3.05) is 61.6 Å². The number of anilines is 3. The molecule has 1 spiro atoms. The van der Waals surface area contributed by atoms with Crippen LogP contribution in [0.1, 0.15) is 32.0 Å². The van der Waals surface area contributed by atoms with Crippen LogP contribution < -0.4 is 20.7 Å². The van der Waals surface area contributed by atoms with E-state index in [1.807, 2.05) is 54.4 Å². The Morgan fingerprint density at radius 2 is 1.87 bits per heavy atom. The highest BCUT2D eigenvalue weighted by atomic mass is 19.3. The highest BCUT2D eigenvalue weighted by molar-refractivity contribution is 6.05. The van der Waals surface area contributed by atoms with Gasteiger partial charge in [-0.15, -0.1) is 0 Å². The molecule has 3 aliphatic rings. The van der Waals surface area contributed by atoms with Crippen LogP contribution in [0.2, 0.25) is 0 Å². The number of benzene rings is 1. The quantitative estimate of drug-likeness (QED) is 0.261. The van der Waals surface area contributed by atoms with Gasteiger partial charge < -0.3 is 34.0 Å². The first-order valence-electron chi connectivity index (χ1n) is 15.4. The zero-order valence-electron chi connectivity index (χ0n) is 25.6. The number of hydrogen-bond donors (Lipinski definition) is 2. The summed E-state index contributed by atoms with van der Waals surface area (Å²) in [7, 11) is 1.83. The van der Waals surface area contributed by atoms with Gasteiger partial charge in [0.2, 0.25) is 0 Å². The smallest absolute Gasteiger partial charge is 0.297 e. The molecule has 1 atom stereocenters. The molecular weight excluding hydrogens is 596 g/mol. The largest absolute Gasteiger partial charge is 0.450 e. The first-order valence-corrected chi connectivity index (χ1v) is 15.4. The van der Waals surface area contributed by atoms with Crippen LogP contribution >= 0.6 is 0 Å². The molecule has 1 unspecified atom stereocenters. The van der Waals surface area contributed by atoms with Crippen LogP contribution in [0.15, 0.2) is 64.1 Å². The maximum atomic E-state index is 13.1. The Kier molecular flexibility index (Phi) is 8.03. The number of ether oxygens (including phenoxy) is 2. The summed E-state index contributed by atoms with van der Waals surface area (Å²) < 4.78 is 43.3. The van der Waals surface area contributed by atoms with Gasteiger partial charge in [0.1, 0.15) is 28.2 Å². The first kappa shape index (κ1) is 30.1. The minimum absolute atomic E-state index is 0.0802. The second kappa shape index (κ2) is 12.3. The van der Waals surface area contributed by atoms with Gasteiger partial charge in [-0.25, -0.2) is 23.7 Å². The molecule has 3 saturated heterocycles. The van der Waals surface area contributed by atoms with E-state index in [9.17, 15) is 13.6 Å². The lowest BCUT2D eigenvalue weighted by molar-refractivity contribution is -0.228. The number of hydrogen-bond acceptors (Lipinski definition) is 10. The Morgan fingerprint density at radius 3 is 2.61 bits per heavy atom. The maximum Gasteiger partial charge on any atom is 0.297 e. The van der Waals surface area contributed by atoms with Crippen molar-refractivity contribution in [3.63, 3.8) is 0 Å². The average molecular weight is 632 g/mol. The summed E-state index contributed by atoms with van der Waals surface area (Å²) in [6.07, 6.45) is 2.88. The van der Waals surface area contributed by atoms with Crippen LogP contribution in [-0.4, -0.2) is 78.1 Å². The van der Waals surface area contributed by atoms with Crippen molar-refractivity contribution in [3.8, 4) is 11.1 Å². The summed E-state index contributed by atoms with van der Waals surface area (Å²) >= 11 is 0. The standard InChI is InChI=1S/C18H22N4O3.C15H13F2N3O/c1-12-18(10-24-11-18)25-6-5-22(12)15-7-14(9-21-17(15)23)13-3-4-20-16(8-13)19-2;16-13(17)14-18-11-9-5-1-2-6-10(9)21-12(11)15(19-14)20-7-3-4-8-20/h3-4,7-9,12H,5-6,10-11H2,1-2H3,(H,19,20)(H,21,23);1-2,5-6,13H,3-4,7-8H2. The van der Waals surface area contributed by atoms with Crippen LogP contribution in [0, 0.1) is 0 Å². The molecule has 240 valence electrons. The third kappa shape index (κ3) is 5.43. The number of furan rings is 1. The summed E-state index contributed by atoms with van der Waals surface area (Å²) in [4.78, 5) is 31.8. The molecule has 2 N–H and O–H groups in total. The number of nitrogens with zero attached hydrogens (tertiary/aromatic N) is 5. The molecule has 7 heterocycles. The average Bonchev–Trinajstić information content (AvgIpc) is 3.73. The molecule has 0 saturated carbocycles. The monoisotopic (exact) mass is 631 g/mol. The number of rotatable bonds is 5. The molecule has 3 fully saturated rings. The van der Waals surface area contributed by atoms with Gasteiger partial charge in [0.05, 0.1) is 25.9 Å². The van der Waals surface area contributed by atoms with Gasteiger partial charge in [-0.3, -0.25) is 4.79 Å². The highest BCUT2D eigenvalue weighted by Gasteiger charge is 2.50. The van der Waals surface area contributed by atoms with E-state index in [1.165, 1.54) is 0 Å². The molecule has 0 amide bonds. The molecule has 0 radical (unpaired) electrons. The van der Waals surface area contributed by atoms with Crippen molar-refractivity contribution in [1.29, 1.82) is 0 Å². The number of halogens is 2. The van der Waals surface area contributed by atoms with Crippen molar-refractivity contribution in [2.24, 2.45) is 0 Å². The fourth-order valence-corrected chi connectivity index (χ4v) is 6.34. The third-order valence-corrected chi connectivity index (χ3v) is 9.01. The van der Waals surface area contributed by atoms with E-state index in [4.69, 9.17) is 13.9 Å². The maximum absolute atomic E-state index is 13.1. The normalized spacial score (nSPS) is 19.0. The molecular formula is C33H35F2N7O4. The van der Waals surface area contributed by atoms with E-state index in [1.54, 1.807) is 12.4 Å². The molecule has 5 aromatic rings. The van der Waals surface area contributed by atoms with Gasteiger partial charge in [0.25, 0.3) is 12.0 Å². The first-order chi connectivity index (χ1) is 22.4. The van der Waals surface area contributed by atoms with Gasteiger partial charge in [0, 0.05) is 50.0 Å². The minimum atomic E-state index is -2.69. The number of para-hydroxylation sites is 1. The van der Waals surface area contributed by atoms with Crippen LogP contribution in [0.25, 0.3) is 33.2 Å². The number of pyridine rings is 2. The van der Waals surface area contributed by atoms with Crippen molar-refractivity contribution in [3.05, 3.63) is 71.0 Å². The number of H-pyrrole nitrogens is 1. The zero-order chi connectivity index (χ0) is 31.8. The molecule has 1 aromatic carbocycles. The van der Waals surface area contributed by atoms with E-state index < -0.39 is 12.2 Å². The Bertz CT molecular complexity index is 1920. The number of fused-ring (bicyclic) bond motifs is 3. The van der Waals surface area contributed by atoms with Gasteiger partial charge in [0.15, 0.2) is 17.2 Å². The summed E-state index contributed by atoms with van der Waals surface area (Å²) in [5, 5.41) is 3.78. The van der Waals surface area contributed by atoms with Crippen molar-refractivity contribution >= 4 is 39.4 Å². The second-order valence-electron chi connectivity index (χ2n) is 11.7. The van der Waals surface area contributed by atoms with E-state index in [0.717, 1.165) is 48.3 Å². The number of alkyl halides is 2. The molecule has 8 rings (SSSR count). The van der Waals surface area contributed by atoms with Gasteiger partial charge >= 0.3 is 0 Å². The Labute approximate surface area is 263 Å². The molecule has 46 heavy (non-hydrogen) atoms. The van der Waals surface area contributed by atoms with Crippen LogP contribution in [-0.2, 0) is 9.47 Å². The summed E-state index contributed by atoms with van der Waals surface area (Å²) in [5.41, 5.74) is 3.86. The summed E-state index contributed by atoms with van der Waals surface area (Å²) in [6, 6.07) is 13.3. The van der Waals surface area contributed by atoms with Crippen molar-refractivity contribution in [2.45, 2.75) is 37.8 Å². The molecule has 0 bridgehead atoms. The third-order valence-electron chi connectivity index (χ3n) is 9.01. The van der Waals surface area contributed by atoms with E-state index >= 15 is 0 Å². The predicted octanol–water partition coefficient (Wildman–Crippen LogP) is 5.39. The van der Waals surface area contributed by atoms with Crippen LogP contribution in [0.3, 0.4) is 0 Å².